The van der Waals surface area contributed by atoms with Gasteiger partial charge in [0.1, 0.15) is 5.82 Å². The predicted molar refractivity (Wildman–Crippen MR) is 83.4 cm³/mol. The van der Waals surface area contributed by atoms with Gasteiger partial charge in [0.25, 0.3) is 0 Å². The minimum Gasteiger partial charge on any atom is -0.397 e. The smallest absolute Gasteiger partial charge is 0.143 e. The molecule has 3 rings (SSSR count). The van der Waals surface area contributed by atoms with E-state index in [1.807, 2.05) is 6.92 Å². The summed E-state index contributed by atoms with van der Waals surface area (Å²) in [5.74, 6) is 1.07. The molecule has 0 amide bonds. The zero-order valence-corrected chi connectivity index (χ0v) is 13.2. The molecule has 2 heterocycles. The lowest BCUT2D eigenvalue weighted by atomic mass is 9.77. The molecule has 1 aliphatic carbocycles. The van der Waals surface area contributed by atoms with Crippen molar-refractivity contribution in [3.05, 3.63) is 16.2 Å². The van der Waals surface area contributed by atoms with Gasteiger partial charge in [0.15, 0.2) is 0 Å². The van der Waals surface area contributed by atoms with Gasteiger partial charge in [-0.1, -0.05) is 12.8 Å². The lowest BCUT2D eigenvalue weighted by Gasteiger charge is -2.40. The van der Waals surface area contributed by atoms with Crippen molar-refractivity contribution >= 4 is 27.4 Å². The summed E-state index contributed by atoms with van der Waals surface area (Å²) in [6, 6.07) is 0. The summed E-state index contributed by atoms with van der Waals surface area (Å²) in [4.78, 5) is 6.95. The van der Waals surface area contributed by atoms with Crippen LogP contribution >= 0.6 is 15.9 Å². The van der Waals surface area contributed by atoms with E-state index < -0.39 is 0 Å². The van der Waals surface area contributed by atoms with E-state index in [4.69, 9.17) is 5.73 Å². The van der Waals surface area contributed by atoms with Gasteiger partial charge < -0.3 is 10.6 Å². The van der Waals surface area contributed by atoms with E-state index in [9.17, 15) is 0 Å². The first-order valence-corrected chi connectivity index (χ1v) is 8.06. The van der Waals surface area contributed by atoms with Crippen LogP contribution in [0.1, 0.15) is 44.1 Å². The molecule has 0 atom stereocenters. The quantitative estimate of drug-likeness (QED) is 0.852. The maximum atomic E-state index is 5.90. The summed E-state index contributed by atoms with van der Waals surface area (Å²) in [5, 5.41) is 0. The normalized spacial score (nSPS) is 22.1. The van der Waals surface area contributed by atoms with Gasteiger partial charge in [-0.25, -0.2) is 4.98 Å². The molecule has 4 heteroatoms. The number of pyridine rings is 1. The van der Waals surface area contributed by atoms with Crippen molar-refractivity contribution in [2.75, 3.05) is 23.7 Å². The third-order valence-corrected chi connectivity index (χ3v) is 6.02. The zero-order chi connectivity index (χ0) is 13.5. The van der Waals surface area contributed by atoms with E-state index >= 15 is 0 Å². The van der Waals surface area contributed by atoms with Crippen LogP contribution in [0.5, 0.6) is 0 Å². The van der Waals surface area contributed by atoms with Crippen LogP contribution in [0.25, 0.3) is 0 Å². The number of piperidine rings is 1. The Morgan fingerprint density at radius 3 is 2.47 bits per heavy atom. The molecule has 2 N–H and O–H groups in total. The van der Waals surface area contributed by atoms with Gasteiger partial charge in [0.05, 0.1) is 16.4 Å². The van der Waals surface area contributed by atoms with Crippen LogP contribution in [0.3, 0.4) is 0 Å². The summed E-state index contributed by atoms with van der Waals surface area (Å²) in [5.41, 5.74) is 8.43. The largest absolute Gasteiger partial charge is 0.397 e. The summed E-state index contributed by atoms with van der Waals surface area (Å²) < 4.78 is 1.06. The van der Waals surface area contributed by atoms with E-state index in [2.05, 4.69) is 25.8 Å². The Labute approximate surface area is 123 Å². The highest BCUT2D eigenvalue weighted by Crippen LogP contribution is 2.47. The van der Waals surface area contributed by atoms with Gasteiger partial charge in [-0.3, -0.25) is 0 Å². The number of nitrogens with two attached hydrogens (primary N) is 1. The molecule has 0 bridgehead atoms. The lowest BCUT2D eigenvalue weighted by Crippen LogP contribution is -2.39. The number of rotatable bonds is 1. The molecule has 1 aliphatic heterocycles. The lowest BCUT2D eigenvalue weighted by molar-refractivity contribution is 0.226. The highest BCUT2D eigenvalue weighted by Gasteiger charge is 2.37. The van der Waals surface area contributed by atoms with E-state index in [0.29, 0.717) is 5.41 Å². The molecule has 0 radical (unpaired) electrons. The topological polar surface area (TPSA) is 42.1 Å². The third kappa shape index (κ3) is 2.35. The number of anilines is 2. The fraction of sp³-hybridized carbons (Fsp3) is 0.667. The third-order valence-electron chi connectivity index (χ3n) is 5.07. The van der Waals surface area contributed by atoms with Gasteiger partial charge in [0, 0.05) is 13.1 Å². The summed E-state index contributed by atoms with van der Waals surface area (Å²) >= 11 is 3.66. The molecule has 3 nitrogen and oxygen atoms in total. The summed E-state index contributed by atoms with van der Waals surface area (Å²) in [6.45, 7) is 4.32. The second kappa shape index (κ2) is 4.97. The monoisotopic (exact) mass is 323 g/mol. The summed E-state index contributed by atoms with van der Waals surface area (Å²) in [6.07, 6.45) is 10.2. The molecular weight excluding hydrogens is 302 g/mol. The number of halogens is 1. The fourth-order valence-electron chi connectivity index (χ4n) is 3.62. The molecule has 19 heavy (non-hydrogen) atoms. The van der Waals surface area contributed by atoms with Crippen molar-refractivity contribution in [3.63, 3.8) is 0 Å². The van der Waals surface area contributed by atoms with Crippen molar-refractivity contribution < 1.29 is 0 Å². The first-order valence-electron chi connectivity index (χ1n) is 7.27. The molecule has 1 saturated heterocycles. The molecule has 2 fully saturated rings. The van der Waals surface area contributed by atoms with Crippen molar-refractivity contribution in [1.82, 2.24) is 4.98 Å². The van der Waals surface area contributed by atoms with Crippen LogP contribution in [0.2, 0.25) is 0 Å². The van der Waals surface area contributed by atoms with E-state index in [1.54, 1.807) is 6.20 Å². The number of hydrogen-bond acceptors (Lipinski definition) is 3. The minimum atomic E-state index is 0.659. The molecule has 2 aliphatic rings. The minimum absolute atomic E-state index is 0.659. The summed E-state index contributed by atoms with van der Waals surface area (Å²) in [7, 11) is 0. The first kappa shape index (κ1) is 13.2. The second-order valence-corrected chi connectivity index (χ2v) is 6.96. The van der Waals surface area contributed by atoms with E-state index in [1.165, 1.54) is 38.5 Å². The van der Waals surface area contributed by atoms with Crippen LogP contribution in [0, 0.1) is 12.3 Å². The molecule has 104 valence electrons. The Balaban J connectivity index is 1.76. The molecule has 1 aromatic heterocycles. The van der Waals surface area contributed by atoms with Gasteiger partial charge in [-0.2, -0.15) is 0 Å². The average Bonchev–Trinajstić information content (AvgIpc) is 2.86. The number of nitrogens with zero attached hydrogens (tertiary/aromatic N) is 2. The Bertz CT molecular complexity index is 471. The Morgan fingerprint density at radius 2 is 1.84 bits per heavy atom. The fourth-order valence-corrected chi connectivity index (χ4v) is 4.20. The van der Waals surface area contributed by atoms with Crippen LogP contribution in [0.15, 0.2) is 10.7 Å². The van der Waals surface area contributed by atoms with E-state index in [0.717, 1.165) is 34.6 Å². The van der Waals surface area contributed by atoms with E-state index in [-0.39, 0.29) is 0 Å². The van der Waals surface area contributed by atoms with Crippen molar-refractivity contribution in [1.29, 1.82) is 0 Å². The maximum absolute atomic E-state index is 5.90. The Morgan fingerprint density at radius 1 is 1.21 bits per heavy atom. The maximum Gasteiger partial charge on any atom is 0.143 e. The molecule has 0 aromatic carbocycles. The molecule has 1 spiro atoms. The standard InChI is InChI=1S/C15H22BrN3/c1-11-12(17)10-18-14(13(11)16)19-8-6-15(7-9-19)4-2-3-5-15/h10H,2-9,17H2,1H3. The highest BCUT2D eigenvalue weighted by atomic mass is 79.9. The van der Waals surface area contributed by atoms with Gasteiger partial charge in [0.2, 0.25) is 0 Å². The number of nitrogen functional groups attached to an aromatic ring is 1. The molecule has 1 aromatic rings. The van der Waals surface area contributed by atoms with Crippen molar-refractivity contribution in [2.24, 2.45) is 5.41 Å². The number of aromatic nitrogens is 1. The number of hydrogen-bond donors (Lipinski definition) is 1. The SMILES string of the molecule is Cc1c(N)cnc(N2CCC3(CCCC3)CC2)c1Br. The van der Waals surface area contributed by atoms with Gasteiger partial charge >= 0.3 is 0 Å². The first-order chi connectivity index (χ1) is 9.11. The Hall–Kier alpha value is -0.770. The average molecular weight is 324 g/mol. The van der Waals surface area contributed by atoms with Gasteiger partial charge in [-0.15, -0.1) is 0 Å². The highest BCUT2D eigenvalue weighted by molar-refractivity contribution is 9.10. The van der Waals surface area contributed by atoms with Crippen molar-refractivity contribution in [3.8, 4) is 0 Å². The molecule has 0 unspecified atom stereocenters. The van der Waals surface area contributed by atoms with Crippen LogP contribution < -0.4 is 10.6 Å². The van der Waals surface area contributed by atoms with Gasteiger partial charge in [-0.05, 0) is 59.5 Å². The second-order valence-electron chi connectivity index (χ2n) is 6.17. The molecule has 1 saturated carbocycles. The zero-order valence-electron chi connectivity index (χ0n) is 11.6. The predicted octanol–water partition coefficient (Wildman–Crippen LogP) is 3.90. The van der Waals surface area contributed by atoms with Crippen LogP contribution in [-0.2, 0) is 0 Å². The van der Waals surface area contributed by atoms with Crippen LogP contribution in [-0.4, -0.2) is 18.1 Å². The van der Waals surface area contributed by atoms with Crippen LogP contribution in [0.4, 0.5) is 11.5 Å². The molecular formula is C15H22BrN3. The Kier molecular flexibility index (Phi) is 3.46. The van der Waals surface area contributed by atoms with Crippen molar-refractivity contribution in [2.45, 2.75) is 45.4 Å².